The van der Waals surface area contributed by atoms with Gasteiger partial charge in [-0.15, -0.1) is 0 Å². The average Bonchev–Trinajstić information content (AvgIpc) is 1.90. The van der Waals surface area contributed by atoms with E-state index in [0.29, 0.717) is 0 Å². The van der Waals surface area contributed by atoms with Gasteiger partial charge in [-0.2, -0.15) is 0 Å². The molecule has 0 bridgehead atoms. The third-order valence-corrected chi connectivity index (χ3v) is 0.540. The monoisotopic (exact) mass is 92.0 g/mol. The normalized spacial score (nSPS) is 14.9. The van der Waals surface area contributed by atoms with Gasteiger partial charge in [-0.25, -0.2) is 4.99 Å². The minimum atomic E-state index is 1.51. The van der Waals surface area contributed by atoms with E-state index < -0.39 is 0 Å². The molecule has 0 unspecified atom stereocenters. The summed E-state index contributed by atoms with van der Waals surface area (Å²) >= 11 is 0. The van der Waals surface area contributed by atoms with Crippen LogP contribution in [0.1, 0.15) is 0 Å². The first-order chi connectivity index (χ1) is 3.50. The Bertz CT molecular complexity index is 143. The SMILES string of the molecule is C1=CN=CC=CN=1. The van der Waals surface area contributed by atoms with Gasteiger partial charge in [0.05, 0.1) is 6.20 Å². The standard InChI is InChI=1S/C5H4N2/c1-2-6-4-5-7-3-1/h1-4H. The van der Waals surface area contributed by atoms with Crippen LogP contribution in [0.15, 0.2) is 28.5 Å². The molecule has 0 aliphatic carbocycles. The van der Waals surface area contributed by atoms with Crippen LogP contribution in [0, 0.1) is 0 Å². The molecule has 0 aromatic carbocycles. The van der Waals surface area contributed by atoms with E-state index in [9.17, 15) is 0 Å². The van der Waals surface area contributed by atoms with E-state index in [-0.39, 0.29) is 0 Å². The van der Waals surface area contributed by atoms with Gasteiger partial charge in [-0.1, -0.05) is 0 Å². The fourth-order valence-corrected chi connectivity index (χ4v) is 0.284. The molecule has 2 heteroatoms. The lowest BCUT2D eigenvalue weighted by molar-refractivity contribution is 1.62. The molecule has 0 atom stereocenters. The molecule has 0 radical (unpaired) electrons. The largest absolute Gasteiger partial charge is 0.255 e. The fraction of sp³-hybridized carbons (Fsp3) is 0. The Morgan fingerprint density at radius 1 is 1.43 bits per heavy atom. The van der Waals surface area contributed by atoms with Crippen LogP contribution in [-0.4, -0.2) is 12.1 Å². The molecule has 1 aliphatic rings. The molecule has 0 saturated heterocycles. The Morgan fingerprint density at radius 3 is 3.43 bits per heavy atom. The first-order valence-corrected chi connectivity index (χ1v) is 1.95. The van der Waals surface area contributed by atoms with Crippen molar-refractivity contribution in [3.63, 3.8) is 0 Å². The van der Waals surface area contributed by atoms with Crippen LogP contribution in [0.5, 0.6) is 0 Å². The van der Waals surface area contributed by atoms with Gasteiger partial charge in [-0.3, -0.25) is 4.99 Å². The molecule has 7 heavy (non-hydrogen) atoms. The van der Waals surface area contributed by atoms with Crippen molar-refractivity contribution >= 4 is 12.1 Å². The van der Waals surface area contributed by atoms with Crippen LogP contribution in [0.4, 0.5) is 0 Å². The lowest BCUT2D eigenvalue weighted by Crippen LogP contribution is -1.54. The Labute approximate surface area is 41.6 Å². The van der Waals surface area contributed by atoms with Crippen molar-refractivity contribution < 1.29 is 0 Å². The van der Waals surface area contributed by atoms with Crippen LogP contribution < -0.4 is 0 Å². The van der Waals surface area contributed by atoms with E-state index in [2.05, 4.69) is 15.9 Å². The zero-order valence-corrected chi connectivity index (χ0v) is 3.70. The van der Waals surface area contributed by atoms with Crippen molar-refractivity contribution in [2.24, 2.45) is 9.98 Å². The maximum Gasteiger partial charge on any atom is 0.0881 e. The van der Waals surface area contributed by atoms with E-state index in [4.69, 9.17) is 0 Å². The summed E-state index contributed by atoms with van der Waals surface area (Å²) < 4.78 is 0. The summed E-state index contributed by atoms with van der Waals surface area (Å²) in [7, 11) is 0. The number of allylic oxidation sites excluding steroid dienone is 1. The predicted molar refractivity (Wildman–Crippen MR) is 29.6 cm³/mol. The highest BCUT2D eigenvalue weighted by Gasteiger charge is 1.63. The van der Waals surface area contributed by atoms with E-state index in [1.807, 2.05) is 0 Å². The smallest absolute Gasteiger partial charge is 0.0881 e. The molecule has 34 valence electrons. The van der Waals surface area contributed by atoms with Crippen LogP contribution in [0.25, 0.3) is 0 Å². The van der Waals surface area contributed by atoms with Crippen molar-refractivity contribution in [1.29, 1.82) is 0 Å². The van der Waals surface area contributed by atoms with Gasteiger partial charge in [0, 0.05) is 18.3 Å². The molecule has 0 aromatic heterocycles. The predicted octanol–water partition coefficient (Wildman–Crippen LogP) is 0.768. The van der Waals surface area contributed by atoms with E-state index in [1.165, 1.54) is 6.20 Å². The summed E-state index contributed by atoms with van der Waals surface area (Å²) in [5.41, 5.74) is 0. The number of nitrogens with zero attached hydrogens (tertiary/aromatic N) is 2. The van der Waals surface area contributed by atoms with E-state index in [0.717, 1.165) is 0 Å². The summed E-state index contributed by atoms with van der Waals surface area (Å²) in [6.07, 6.45) is 6.55. The average molecular weight is 92.1 g/mol. The van der Waals surface area contributed by atoms with Gasteiger partial charge in [-0.05, 0) is 6.08 Å². The minimum absolute atomic E-state index is 1.51. The summed E-state index contributed by atoms with van der Waals surface area (Å²) in [6, 6.07) is 0. The zero-order valence-electron chi connectivity index (χ0n) is 3.70. The van der Waals surface area contributed by atoms with Gasteiger partial charge in [0.15, 0.2) is 0 Å². The molecule has 1 aliphatic heterocycles. The van der Waals surface area contributed by atoms with Crippen molar-refractivity contribution in [3.05, 3.63) is 18.5 Å². The summed E-state index contributed by atoms with van der Waals surface area (Å²) in [5.74, 6) is 2.56. The van der Waals surface area contributed by atoms with Crippen LogP contribution in [0.2, 0.25) is 0 Å². The molecule has 2 nitrogen and oxygen atoms in total. The molecule has 1 rings (SSSR count). The topological polar surface area (TPSA) is 24.7 Å². The molecule has 0 aromatic rings. The molecule has 0 N–H and O–H groups in total. The number of hydrogen-bond donors (Lipinski definition) is 0. The highest BCUT2D eigenvalue weighted by atomic mass is 14.7. The second-order valence-electron chi connectivity index (χ2n) is 1.03. The second kappa shape index (κ2) is 2.11. The molecular formula is C5H4N2. The summed E-state index contributed by atoms with van der Waals surface area (Å²) in [4.78, 5) is 7.39. The molecule has 1 heterocycles. The minimum Gasteiger partial charge on any atom is -0.255 e. The lowest BCUT2D eigenvalue weighted by atomic mass is 10.7. The molecule has 0 fully saturated rings. The quantitative estimate of drug-likeness (QED) is 0.421. The van der Waals surface area contributed by atoms with Crippen LogP contribution >= 0.6 is 0 Å². The number of aliphatic imine (C=N–C) groups is 2. The molecule has 0 saturated carbocycles. The zero-order chi connectivity index (χ0) is 4.95. The van der Waals surface area contributed by atoms with Gasteiger partial charge in [0.1, 0.15) is 0 Å². The van der Waals surface area contributed by atoms with Gasteiger partial charge < -0.3 is 0 Å². The first kappa shape index (κ1) is 4.03. The Morgan fingerprint density at radius 2 is 2.43 bits per heavy atom. The van der Waals surface area contributed by atoms with Crippen molar-refractivity contribution in [3.8, 4) is 0 Å². The Hall–Kier alpha value is -1.14. The molecule has 0 amide bonds. The number of hydrogen-bond acceptors (Lipinski definition) is 2. The highest BCUT2D eigenvalue weighted by molar-refractivity contribution is 5.74. The Kier molecular flexibility index (Phi) is 1.21. The molecular weight excluding hydrogens is 88.1 g/mol. The van der Waals surface area contributed by atoms with Gasteiger partial charge in [0.25, 0.3) is 0 Å². The second-order valence-corrected chi connectivity index (χ2v) is 1.03. The fourth-order valence-electron chi connectivity index (χ4n) is 0.284. The van der Waals surface area contributed by atoms with Crippen molar-refractivity contribution in [1.82, 2.24) is 0 Å². The van der Waals surface area contributed by atoms with Crippen LogP contribution in [0.3, 0.4) is 0 Å². The third kappa shape index (κ3) is 1.16. The number of rotatable bonds is 0. The van der Waals surface area contributed by atoms with E-state index >= 15 is 0 Å². The summed E-state index contributed by atoms with van der Waals surface area (Å²) in [5, 5.41) is 0. The lowest BCUT2D eigenvalue weighted by Gasteiger charge is -1.60. The Balaban J connectivity index is 2.86. The van der Waals surface area contributed by atoms with E-state index in [1.54, 1.807) is 18.5 Å². The van der Waals surface area contributed by atoms with Gasteiger partial charge >= 0.3 is 0 Å². The maximum atomic E-state index is 3.73. The first-order valence-electron chi connectivity index (χ1n) is 1.95. The molecule has 0 spiro atoms. The summed E-state index contributed by atoms with van der Waals surface area (Å²) in [6.45, 7) is 0. The van der Waals surface area contributed by atoms with Crippen molar-refractivity contribution in [2.45, 2.75) is 0 Å². The van der Waals surface area contributed by atoms with Crippen molar-refractivity contribution in [2.75, 3.05) is 0 Å². The van der Waals surface area contributed by atoms with Crippen LogP contribution in [-0.2, 0) is 0 Å². The maximum absolute atomic E-state index is 3.73. The highest BCUT2D eigenvalue weighted by Crippen LogP contribution is 1.74. The van der Waals surface area contributed by atoms with Gasteiger partial charge in [0.2, 0.25) is 0 Å². The third-order valence-electron chi connectivity index (χ3n) is 0.540.